The Balaban J connectivity index is 2.06. The molecule has 0 saturated carbocycles. The average Bonchev–Trinajstić information content (AvgIpc) is 2.63. The molecule has 3 heteroatoms. The number of aryl methyl sites for hydroxylation is 2. The van der Waals surface area contributed by atoms with Crippen LogP contribution in [-0.2, 0) is 6.54 Å². The summed E-state index contributed by atoms with van der Waals surface area (Å²) in [6.45, 7) is 4.94. The molecule has 0 unspecified atom stereocenters. The second kappa shape index (κ2) is 4.17. The zero-order valence-corrected chi connectivity index (χ0v) is 9.04. The summed E-state index contributed by atoms with van der Waals surface area (Å²) in [5, 5.41) is 10.3. The number of para-hydroxylation sites is 1. The van der Waals surface area contributed by atoms with Crippen LogP contribution in [0.1, 0.15) is 16.8 Å². The minimum atomic E-state index is 0.813. The van der Waals surface area contributed by atoms with Gasteiger partial charge in [0.2, 0.25) is 0 Å². The summed E-state index contributed by atoms with van der Waals surface area (Å²) in [5.74, 6) is 0. The van der Waals surface area contributed by atoms with Gasteiger partial charge in [-0.25, -0.2) is 0 Å². The Bertz CT molecular complexity index is 446. The molecule has 0 aliphatic rings. The summed E-state index contributed by atoms with van der Waals surface area (Å²) >= 11 is 0. The van der Waals surface area contributed by atoms with Gasteiger partial charge in [-0.15, -0.1) is 0 Å². The monoisotopic (exact) mass is 201 g/mol. The molecule has 0 spiro atoms. The van der Waals surface area contributed by atoms with Crippen LogP contribution in [0.4, 0.5) is 5.69 Å². The Morgan fingerprint density at radius 1 is 1.27 bits per heavy atom. The number of nitrogens with one attached hydrogen (secondary N) is 2. The number of nitrogens with zero attached hydrogens (tertiary/aromatic N) is 1. The minimum Gasteiger partial charge on any atom is -0.381 e. The van der Waals surface area contributed by atoms with Gasteiger partial charge in [-0.2, -0.15) is 5.10 Å². The number of hydrogen-bond acceptors (Lipinski definition) is 2. The number of aromatic amines is 1. The number of aromatic nitrogens is 2. The molecule has 0 bridgehead atoms. The summed E-state index contributed by atoms with van der Waals surface area (Å²) in [5.41, 5.74) is 4.77. The summed E-state index contributed by atoms with van der Waals surface area (Å²) in [4.78, 5) is 0. The summed E-state index contributed by atoms with van der Waals surface area (Å²) < 4.78 is 0. The van der Waals surface area contributed by atoms with Gasteiger partial charge >= 0.3 is 0 Å². The largest absolute Gasteiger partial charge is 0.381 e. The highest BCUT2D eigenvalue weighted by molar-refractivity contribution is 5.50. The molecule has 0 aliphatic carbocycles. The Kier molecular flexibility index (Phi) is 2.72. The second-order valence-electron chi connectivity index (χ2n) is 3.69. The van der Waals surface area contributed by atoms with Crippen molar-refractivity contribution in [3.63, 3.8) is 0 Å². The SMILES string of the molecule is Cc1ccccc1NCc1cn[nH]c1C. The van der Waals surface area contributed by atoms with Gasteiger partial charge in [0.05, 0.1) is 6.20 Å². The molecule has 3 nitrogen and oxygen atoms in total. The molecule has 1 aromatic carbocycles. The van der Waals surface area contributed by atoms with E-state index in [-0.39, 0.29) is 0 Å². The van der Waals surface area contributed by atoms with E-state index in [0.29, 0.717) is 0 Å². The van der Waals surface area contributed by atoms with Crippen LogP contribution in [0.15, 0.2) is 30.5 Å². The van der Waals surface area contributed by atoms with Crippen molar-refractivity contribution in [3.8, 4) is 0 Å². The fraction of sp³-hybridized carbons (Fsp3) is 0.250. The van der Waals surface area contributed by atoms with E-state index in [1.807, 2.05) is 25.3 Å². The van der Waals surface area contributed by atoms with E-state index in [1.54, 1.807) is 0 Å². The van der Waals surface area contributed by atoms with Gasteiger partial charge in [-0.1, -0.05) is 18.2 Å². The van der Waals surface area contributed by atoms with E-state index in [9.17, 15) is 0 Å². The van der Waals surface area contributed by atoms with E-state index in [2.05, 4.69) is 34.6 Å². The van der Waals surface area contributed by atoms with Gasteiger partial charge in [-0.05, 0) is 25.5 Å². The summed E-state index contributed by atoms with van der Waals surface area (Å²) in [7, 11) is 0. The van der Waals surface area contributed by atoms with Crippen molar-refractivity contribution in [2.45, 2.75) is 20.4 Å². The van der Waals surface area contributed by atoms with Crippen molar-refractivity contribution in [3.05, 3.63) is 47.3 Å². The first-order valence-electron chi connectivity index (χ1n) is 5.05. The Morgan fingerprint density at radius 3 is 2.73 bits per heavy atom. The smallest absolute Gasteiger partial charge is 0.0539 e. The van der Waals surface area contributed by atoms with Crippen LogP contribution in [0, 0.1) is 13.8 Å². The first-order chi connectivity index (χ1) is 7.27. The molecule has 0 atom stereocenters. The summed E-state index contributed by atoms with van der Waals surface area (Å²) in [6.07, 6.45) is 1.86. The highest BCUT2D eigenvalue weighted by Crippen LogP contribution is 2.14. The van der Waals surface area contributed by atoms with E-state index in [1.165, 1.54) is 16.8 Å². The topological polar surface area (TPSA) is 40.7 Å². The molecule has 78 valence electrons. The van der Waals surface area contributed by atoms with Crippen LogP contribution in [0.3, 0.4) is 0 Å². The molecule has 15 heavy (non-hydrogen) atoms. The van der Waals surface area contributed by atoms with Crippen molar-refractivity contribution >= 4 is 5.69 Å². The second-order valence-corrected chi connectivity index (χ2v) is 3.69. The van der Waals surface area contributed by atoms with Gasteiger partial charge in [0.25, 0.3) is 0 Å². The highest BCUT2D eigenvalue weighted by atomic mass is 15.1. The molecule has 2 N–H and O–H groups in total. The third-order valence-electron chi connectivity index (χ3n) is 2.55. The Hall–Kier alpha value is -1.77. The number of rotatable bonds is 3. The van der Waals surface area contributed by atoms with Gasteiger partial charge in [-0.3, -0.25) is 5.10 Å². The molecular formula is C12H15N3. The number of benzene rings is 1. The maximum Gasteiger partial charge on any atom is 0.0539 e. The lowest BCUT2D eigenvalue weighted by molar-refractivity contribution is 1.04. The standard InChI is InChI=1S/C12H15N3/c1-9-5-3-4-6-12(9)13-7-11-8-14-15-10(11)2/h3-6,8,13H,7H2,1-2H3,(H,14,15). The lowest BCUT2D eigenvalue weighted by Gasteiger charge is -2.08. The molecular weight excluding hydrogens is 186 g/mol. The van der Waals surface area contributed by atoms with Crippen LogP contribution >= 0.6 is 0 Å². The maximum atomic E-state index is 3.99. The molecule has 0 amide bonds. The molecule has 0 aliphatic heterocycles. The quantitative estimate of drug-likeness (QED) is 0.801. The molecule has 0 radical (unpaired) electrons. The number of H-pyrrole nitrogens is 1. The van der Waals surface area contributed by atoms with E-state index in [0.717, 1.165) is 12.2 Å². The summed E-state index contributed by atoms with van der Waals surface area (Å²) in [6, 6.07) is 8.27. The fourth-order valence-corrected chi connectivity index (χ4v) is 1.52. The zero-order chi connectivity index (χ0) is 10.7. The molecule has 2 rings (SSSR count). The normalized spacial score (nSPS) is 10.3. The van der Waals surface area contributed by atoms with E-state index in [4.69, 9.17) is 0 Å². The van der Waals surface area contributed by atoms with Gasteiger partial charge in [0.15, 0.2) is 0 Å². The zero-order valence-electron chi connectivity index (χ0n) is 9.04. The number of hydrogen-bond donors (Lipinski definition) is 2. The molecule has 0 fully saturated rings. The fourth-order valence-electron chi connectivity index (χ4n) is 1.52. The highest BCUT2D eigenvalue weighted by Gasteiger charge is 2.00. The van der Waals surface area contributed by atoms with Crippen LogP contribution in [0.5, 0.6) is 0 Å². The van der Waals surface area contributed by atoms with Gasteiger partial charge in [0.1, 0.15) is 0 Å². The van der Waals surface area contributed by atoms with Gasteiger partial charge in [0, 0.05) is 23.5 Å². The third-order valence-corrected chi connectivity index (χ3v) is 2.55. The predicted octanol–water partition coefficient (Wildman–Crippen LogP) is 2.64. The maximum absolute atomic E-state index is 3.99. The number of anilines is 1. The van der Waals surface area contributed by atoms with Crippen LogP contribution in [0.25, 0.3) is 0 Å². The Morgan fingerprint density at radius 2 is 2.07 bits per heavy atom. The lowest BCUT2D eigenvalue weighted by atomic mass is 10.2. The molecule has 1 heterocycles. The van der Waals surface area contributed by atoms with Crippen molar-refractivity contribution in [2.24, 2.45) is 0 Å². The van der Waals surface area contributed by atoms with Gasteiger partial charge < -0.3 is 5.32 Å². The van der Waals surface area contributed by atoms with Crippen LogP contribution in [0.2, 0.25) is 0 Å². The van der Waals surface area contributed by atoms with Crippen molar-refractivity contribution in [2.75, 3.05) is 5.32 Å². The first-order valence-corrected chi connectivity index (χ1v) is 5.05. The van der Waals surface area contributed by atoms with E-state index >= 15 is 0 Å². The Labute approximate surface area is 89.5 Å². The molecule has 0 saturated heterocycles. The van der Waals surface area contributed by atoms with E-state index < -0.39 is 0 Å². The van der Waals surface area contributed by atoms with Crippen molar-refractivity contribution in [1.82, 2.24) is 10.2 Å². The first kappa shape index (κ1) is 9.77. The lowest BCUT2D eigenvalue weighted by Crippen LogP contribution is -2.01. The van der Waals surface area contributed by atoms with Crippen molar-refractivity contribution < 1.29 is 0 Å². The molecule has 2 aromatic rings. The predicted molar refractivity (Wildman–Crippen MR) is 61.8 cm³/mol. The molecule has 1 aromatic heterocycles. The minimum absolute atomic E-state index is 0.813. The van der Waals surface area contributed by atoms with Crippen LogP contribution in [-0.4, -0.2) is 10.2 Å². The average molecular weight is 201 g/mol. The van der Waals surface area contributed by atoms with Crippen molar-refractivity contribution in [1.29, 1.82) is 0 Å². The van der Waals surface area contributed by atoms with Crippen LogP contribution < -0.4 is 5.32 Å². The third kappa shape index (κ3) is 2.18.